The minimum atomic E-state index is -1.02. The molecule has 1 unspecified atom stereocenters. The van der Waals surface area contributed by atoms with Crippen LogP contribution in [0.15, 0.2) is 35.5 Å². The minimum Gasteiger partial charge on any atom is -0.482 e. The minimum absolute atomic E-state index is 0.161. The Morgan fingerprint density at radius 3 is 2.82 bits per heavy atom. The quantitative estimate of drug-likeness (QED) is 0.547. The van der Waals surface area contributed by atoms with Gasteiger partial charge in [0.05, 0.1) is 17.8 Å². The van der Waals surface area contributed by atoms with Crippen molar-refractivity contribution in [3.05, 3.63) is 53.2 Å². The smallest absolute Gasteiger partial charge is 0.273 e. The number of ether oxygens (including phenoxy) is 1. The van der Waals surface area contributed by atoms with Crippen LogP contribution in [0.3, 0.4) is 0 Å². The molecule has 2 aromatic heterocycles. The number of hydrogen-bond acceptors (Lipinski definition) is 7. The lowest BCUT2D eigenvalue weighted by atomic mass is 9.97. The molecule has 3 aromatic rings. The zero-order chi connectivity index (χ0) is 24.4. The van der Waals surface area contributed by atoms with Crippen LogP contribution < -0.4 is 15.4 Å². The topological polar surface area (TPSA) is 122 Å². The Kier molecular flexibility index (Phi) is 4.68. The average Bonchev–Trinajstić information content (AvgIpc) is 3.20. The number of fused-ring (bicyclic) bond motifs is 7. The highest BCUT2D eigenvalue weighted by Crippen LogP contribution is 2.41. The van der Waals surface area contributed by atoms with Crippen molar-refractivity contribution < 1.29 is 13.9 Å². The van der Waals surface area contributed by atoms with E-state index in [1.54, 1.807) is 51.0 Å². The standard InChI is InChI=1S/C24H22FN7O2/c1-12-15-8-14(25)5-6-17(15)32-20(29-23(33)24(32,2)3)9-16-21(18(10-26)31(4)30-16)13-7-19(34-12)22(27)28-11-13/h5-8,11-12H,9H2,1-4H3,(H2,27,28). The second-order valence-corrected chi connectivity index (χ2v) is 8.88. The van der Waals surface area contributed by atoms with Gasteiger partial charge in [0, 0.05) is 29.9 Å². The zero-order valence-corrected chi connectivity index (χ0v) is 19.1. The molecule has 2 N–H and O–H groups in total. The van der Waals surface area contributed by atoms with Crippen LogP contribution in [0, 0.1) is 17.1 Å². The molecular weight excluding hydrogens is 437 g/mol. The molecule has 2 bridgehead atoms. The molecule has 5 rings (SSSR count). The summed E-state index contributed by atoms with van der Waals surface area (Å²) in [4.78, 5) is 23.4. The molecule has 9 nitrogen and oxygen atoms in total. The maximum absolute atomic E-state index is 14.4. The zero-order valence-electron chi connectivity index (χ0n) is 19.1. The highest BCUT2D eigenvalue weighted by Gasteiger charge is 2.45. The van der Waals surface area contributed by atoms with E-state index in [0.717, 1.165) is 0 Å². The van der Waals surface area contributed by atoms with Crippen LogP contribution in [0.25, 0.3) is 11.1 Å². The molecule has 172 valence electrons. The summed E-state index contributed by atoms with van der Waals surface area (Å²) in [5.41, 5.74) is 8.22. The SMILES string of the molecule is CC1Oc2cc(cnc2N)-c2c(nn(C)c2C#N)CC2=NC(=O)C(C)(C)N2c2ccc(F)cc21. The largest absolute Gasteiger partial charge is 0.482 e. The maximum atomic E-state index is 14.4. The lowest BCUT2D eigenvalue weighted by Crippen LogP contribution is -2.48. The summed E-state index contributed by atoms with van der Waals surface area (Å²) >= 11 is 0. The molecule has 1 aromatic carbocycles. The van der Waals surface area contributed by atoms with Gasteiger partial charge in [-0.3, -0.25) is 9.48 Å². The Hall–Kier alpha value is -4.26. The van der Waals surface area contributed by atoms with E-state index in [2.05, 4.69) is 21.1 Å². The van der Waals surface area contributed by atoms with Gasteiger partial charge in [0.1, 0.15) is 35.1 Å². The molecule has 0 fully saturated rings. The number of amidine groups is 1. The molecule has 0 aliphatic carbocycles. The van der Waals surface area contributed by atoms with E-state index in [1.165, 1.54) is 16.8 Å². The number of aryl methyl sites for hydroxylation is 1. The maximum Gasteiger partial charge on any atom is 0.273 e. The lowest BCUT2D eigenvalue weighted by Gasteiger charge is -2.35. The lowest BCUT2D eigenvalue weighted by molar-refractivity contribution is -0.120. The van der Waals surface area contributed by atoms with Crippen LogP contribution in [-0.4, -0.2) is 32.0 Å². The number of rotatable bonds is 0. The van der Waals surface area contributed by atoms with Gasteiger partial charge in [0.2, 0.25) is 0 Å². The number of anilines is 2. The summed E-state index contributed by atoms with van der Waals surface area (Å²) in [6.45, 7) is 5.30. The van der Waals surface area contributed by atoms with E-state index in [4.69, 9.17) is 10.5 Å². The summed E-state index contributed by atoms with van der Waals surface area (Å²) < 4.78 is 22.0. The predicted molar refractivity (Wildman–Crippen MR) is 124 cm³/mol. The number of carbonyl (C=O) groups is 1. The number of halogens is 1. The number of hydrogen-bond donors (Lipinski definition) is 1. The number of benzene rings is 1. The third kappa shape index (κ3) is 3.12. The Morgan fingerprint density at radius 1 is 1.32 bits per heavy atom. The fourth-order valence-electron chi connectivity index (χ4n) is 4.56. The van der Waals surface area contributed by atoms with Gasteiger partial charge >= 0.3 is 0 Å². The third-order valence-electron chi connectivity index (χ3n) is 6.26. The van der Waals surface area contributed by atoms with E-state index in [-0.39, 0.29) is 18.1 Å². The van der Waals surface area contributed by atoms with Crippen LogP contribution >= 0.6 is 0 Å². The molecule has 34 heavy (non-hydrogen) atoms. The van der Waals surface area contributed by atoms with Crippen molar-refractivity contribution >= 4 is 23.2 Å². The Morgan fingerprint density at radius 2 is 2.09 bits per heavy atom. The van der Waals surface area contributed by atoms with Gasteiger partial charge < -0.3 is 15.4 Å². The second-order valence-electron chi connectivity index (χ2n) is 8.88. The molecular formula is C24H22FN7O2. The van der Waals surface area contributed by atoms with Crippen LogP contribution in [0.1, 0.15) is 43.8 Å². The van der Waals surface area contributed by atoms with Crippen LogP contribution in [0.4, 0.5) is 15.9 Å². The van der Waals surface area contributed by atoms with Gasteiger partial charge in [0.15, 0.2) is 11.6 Å². The summed E-state index contributed by atoms with van der Waals surface area (Å²) in [7, 11) is 1.68. The summed E-state index contributed by atoms with van der Waals surface area (Å²) in [6.07, 6.45) is 1.09. The number of nitriles is 1. The average molecular weight is 459 g/mol. The predicted octanol–water partition coefficient (Wildman–Crippen LogP) is 3.29. The summed E-state index contributed by atoms with van der Waals surface area (Å²) in [6, 6.07) is 8.23. The van der Waals surface area contributed by atoms with E-state index in [9.17, 15) is 14.4 Å². The number of amides is 1. The molecule has 0 saturated carbocycles. The van der Waals surface area contributed by atoms with Gasteiger partial charge in [-0.05, 0) is 45.0 Å². The molecule has 4 heterocycles. The van der Waals surface area contributed by atoms with Crippen molar-refractivity contribution in [3.8, 4) is 22.9 Å². The number of nitrogens with two attached hydrogens (primary N) is 1. The number of nitrogen functional groups attached to an aromatic ring is 1. The van der Waals surface area contributed by atoms with Gasteiger partial charge in [-0.15, -0.1) is 0 Å². The monoisotopic (exact) mass is 459 g/mol. The van der Waals surface area contributed by atoms with Crippen molar-refractivity contribution in [3.63, 3.8) is 0 Å². The fourth-order valence-corrected chi connectivity index (χ4v) is 4.56. The summed E-state index contributed by atoms with van der Waals surface area (Å²) in [5.74, 6) is 0.140. The first-order valence-corrected chi connectivity index (χ1v) is 10.7. The number of aliphatic imine (C=N–C) groups is 1. The van der Waals surface area contributed by atoms with Crippen LogP contribution in [-0.2, 0) is 18.3 Å². The highest BCUT2D eigenvalue weighted by molar-refractivity contribution is 6.17. The van der Waals surface area contributed by atoms with Gasteiger partial charge in [0.25, 0.3) is 5.91 Å². The Balaban J connectivity index is 1.83. The first-order chi connectivity index (χ1) is 16.1. The van der Waals surface area contributed by atoms with E-state index in [0.29, 0.717) is 45.4 Å². The van der Waals surface area contributed by atoms with E-state index in [1.807, 2.05) is 0 Å². The molecule has 1 amide bonds. The molecule has 10 heteroatoms. The summed E-state index contributed by atoms with van der Waals surface area (Å²) in [5, 5.41) is 14.4. The number of aromatic nitrogens is 3. The first-order valence-electron chi connectivity index (χ1n) is 10.7. The molecule has 2 aliphatic rings. The number of carbonyl (C=O) groups excluding carboxylic acids is 1. The Labute approximate surface area is 195 Å². The van der Waals surface area contributed by atoms with E-state index >= 15 is 0 Å². The van der Waals surface area contributed by atoms with Crippen LogP contribution in [0.5, 0.6) is 5.75 Å². The number of pyridine rings is 1. The first kappa shape index (κ1) is 21.6. The molecule has 0 spiro atoms. The molecule has 0 saturated heterocycles. The fraction of sp³-hybridized carbons (Fsp3) is 0.292. The van der Waals surface area contributed by atoms with Gasteiger partial charge in [-0.2, -0.15) is 15.4 Å². The van der Waals surface area contributed by atoms with Gasteiger partial charge in [-0.25, -0.2) is 9.37 Å². The highest BCUT2D eigenvalue weighted by atomic mass is 19.1. The normalized spacial score (nSPS) is 18.5. The van der Waals surface area contributed by atoms with Crippen molar-refractivity contribution in [2.75, 3.05) is 10.6 Å². The van der Waals surface area contributed by atoms with Gasteiger partial charge in [-0.1, -0.05) is 0 Å². The molecule has 2 aliphatic heterocycles. The molecule has 0 radical (unpaired) electrons. The number of nitrogens with zero attached hydrogens (tertiary/aromatic N) is 6. The molecule has 1 atom stereocenters. The van der Waals surface area contributed by atoms with Crippen LogP contribution in [0.2, 0.25) is 0 Å². The third-order valence-corrected chi connectivity index (χ3v) is 6.26. The van der Waals surface area contributed by atoms with Crippen molar-refractivity contribution in [2.24, 2.45) is 12.0 Å². The van der Waals surface area contributed by atoms with Crippen molar-refractivity contribution in [1.29, 1.82) is 5.26 Å². The van der Waals surface area contributed by atoms with Crippen molar-refractivity contribution in [2.45, 2.75) is 38.8 Å². The Bertz CT molecular complexity index is 1430. The van der Waals surface area contributed by atoms with E-state index < -0.39 is 17.5 Å². The second kappa shape index (κ2) is 7.38. The van der Waals surface area contributed by atoms with Crippen molar-refractivity contribution in [1.82, 2.24) is 14.8 Å².